The molecule has 0 fully saturated rings. The second-order valence-corrected chi connectivity index (χ2v) is 7.91. The van der Waals surface area contributed by atoms with Gasteiger partial charge in [0.25, 0.3) is 10.0 Å². The first-order valence-electron chi connectivity index (χ1n) is 8.69. The van der Waals surface area contributed by atoms with E-state index in [9.17, 15) is 13.2 Å². The van der Waals surface area contributed by atoms with Crippen LogP contribution in [0.15, 0.2) is 47.4 Å². The molecule has 0 aromatic heterocycles. The topological polar surface area (TPSA) is 84.9 Å². The number of ether oxygens (including phenoxy) is 2. The summed E-state index contributed by atoms with van der Waals surface area (Å²) in [4.78, 5) is 11.9. The van der Waals surface area contributed by atoms with Crippen LogP contribution in [-0.4, -0.2) is 34.8 Å². The molecule has 27 heavy (non-hydrogen) atoms. The van der Waals surface area contributed by atoms with Gasteiger partial charge in [0, 0.05) is 12.2 Å². The highest BCUT2D eigenvalue weighted by molar-refractivity contribution is 7.92. The van der Waals surface area contributed by atoms with Crippen LogP contribution in [0.25, 0.3) is 0 Å². The van der Waals surface area contributed by atoms with Gasteiger partial charge >= 0.3 is 6.09 Å². The smallest absolute Gasteiger partial charge is 0.411 e. The zero-order valence-electron chi connectivity index (χ0n) is 15.3. The summed E-state index contributed by atoms with van der Waals surface area (Å²) in [5.74, 6) is 0.592. The largest absolute Gasteiger partial charge is 0.497 e. The predicted octanol–water partition coefficient (Wildman–Crippen LogP) is 3.41. The van der Waals surface area contributed by atoms with E-state index in [1.807, 2.05) is 6.07 Å². The molecule has 2 aromatic carbocycles. The molecule has 0 bridgehead atoms. The Bertz CT molecular complexity index is 926. The van der Waals surface area contributed by atoms with E-state index < -0.39 is 16.1 Å². The molecule has 0 saturated heterocycles. The molecule has 0 radical (unpaired) electrons. The summed E-state index contributed by atoms with van der Waals surface area (Å²) < 4.78 is 37.7. The van der Waals surface area contributed by atoms with Crippen molar-refractivity contribution in [2.24, 2.45) is 0 Å². The van der Waals surface area contributed by atoms with Crippen LogP contribution >= 0.6 is 0 Å². The first kappa shape index (κ1) is 19.0. The number of nitrogens with one attached hydrogen (secondary N) is 1. The molecule has 1 aliphatic rings. The SMILES string of the molecule is CCOC(=O)Nc1ccc2c(c1)N(S(=O)(=O)c1ccc(OC)cc1)CCC2. The fourth-order valence-electron chi connectivity index (χ4n) is 3.03. The third-order valence-electron chi connectivity index (χ3n) is 4.33. The molecule has 2 aromatic rings. The Kier molecular flexibility index (Phi) is 5.55. The zero-order chi connectivity index (χ0) is 19.4. The van der Waals surface area contributed by atoms with Gasteiger partial charge in [0.15, 0.2) is 0 Å². The number of hydrogen-bond donors (Lipinski definition) is 1. The van der Waals surface area contributed by atoms with Crippen molar-refractivity contribution >= 4 is 27.5 Å². The fourth-order valence-corrected chi connectivity index (χ4v) is 4.56. The Morgan fingerprint density at radius 3 is 2.59 bits per heavy atom. The van der Waals surface area contributed by atoms with E-state index in [-0.39, 0.29) is 11.5 Å². The van der Waals surface area contributed by atoms with Crippen molar-refractivity contribution in [2.45, 2.75) is 24.7 Å². The van der Waals surface area contributed by atoms with E-state index in [0.29, 0.717) is 23.7 Å². The van der Waals surface area contributed by atoms with Gasteiger partial charge in [-0.05, 0) is 61.7 Å². The van der Waals surface area contributed by atoms with E-state index in [1.165, 1.54) is 23.5 Å². The Hall–Kier alpha value is -2.74. The minimum Gasteiger partial charge on any atom is -0.497 e. The van der Waals surface area contributed by atoms with E-state index in [2.05, 4.69) is 5.32 Å². The average Bonchev–Trinajstić information content (AvgIpc) is 2.67. The molecule has 144 valence electrons. The fraction of sp³-hybridized carbons (Fsp3) is 0.316. The van der Waals surface area contributed by atoms with Gasteiger partial charge in [0.2, 0.25) is 0 Å². The molecular weight excluding hydrogens is 368 g/mol. The minimum absolute atomic E-state index is 0.194. The molecule has 0 saturated carbocycles. The van der Waals surface area contributed by atoms with E-state index in [4.69, 9.17) is 9.47 Å². The van der Waals surface area contributed by atoms with Crippen molar-refractivity contribution in [3.05, 3.63) is 48.0 Å². The quantitative estimate of drug-likeness (QED) is 0.846. The Labute approximate surface area is 158 Å². The number of nitrogens with zero attached hydrogens (tertiary/aromatic N) is 1. The molecule has 1 N–H and O–H groups in total. The van der Waals surface area contributed by atoms with Crippen LogP contribution in [0.1, 0.15) is 18.9 Å². The standard InChI is InChI=1S/C19H22N2O5S/c1-3-26-19(22)20-15-7-6-14-5-4-12-21(18(14)13-15)27(23,24)17-10-8-16(25-2)9-11-17/h6-11,13H,3-5,12H2,1-2H3,(H,20,22). The second kappa shape index (κ2) is 7.87. The van der Waals surface area contributed by atoms with Crippen molar-refractivity contribution in [1.82, 2.24) is 0 Å². The number of methoxy groups -OCH3 is 1. The maximum Gasteiger partial charge on any atom is 0.411 e. The molecule has 1 heterocycles. The van der Waals surface area contributed by atoms with E-state index >= 15 is 0 Å². The van der Waals surface area contributed by atoms with Crippen LogP contribution in [0.2, 0.25) is 0 Å². The van der Waals surface area contributed by atoms with E-state index in [0.717, 1.165) is 18.4 Å². The second-order valence-electron chi connectivity index (χ2n) is 6.05. The number of rotatable bonds is 5. The van der Waals surface area contributed by atoms with Crippen molar-refractivity contribution in [3.8, 4) is 5.75 Å². The van der Waals surface area contributed by atoms with Crippen LogP contribution in [-0.2, 0) is 21.2 Å². The molecule has 3 rings (SSSR count). The van der Waals surface area contributed by atoms with Crippen molar-refractivity contribution in [1.29, 1.82) is 0 Å². The maximum atomic E-state index is 13.2. The number of sulfonamides is 1. The van der Waals surface area contributed by atoms with Gasteiger partial charge in [-0.2, -0.15) is 0 Å². The molecular formula is C19H22N2O5S. The lowest BCUT2D eigenvalue weighted by Gasteiger charge is -2.31. The Morgan fingerprint density at radius 1 is 1.19 bits per heavy atom. The molecule has 0 unspecified atom stereocenters. The Morgan fingerprint density at radius 2 is 1.93 bits per heavy atom. The number of hydrogen-bond acceptors (Lipinski definition) is 5. The number of carbonyl (C=O) groups is 1. The van der Waals surface area contributed by atoms with Crippen LogP contribution in [0.4, 0.5) is 16.2 Å². The summed E-state index contributed by atoms with van der Waals surface area (Å²) in [6.07, 6.45) is 0.939. The highest BCUT2D eigenvalue weighted by atomic mass is 32.2. The molecule has 0 spiro atoms. The highest BCUT2D eigenvalue weighted by Crippen LogP contribution is 2.34. The number of carbonyl (C=O) groups excluding carboxylic acids is 1. The molecule has 0 atom stereocenters. The summed E-state index contributed by atoms with van der Waals surface area (Å²) in [7, 11) is -2.19. The van der Waals surface area contributed by atoms with Gasteiger partial charge in [-0.15, -0.1) is 0 Å². The number of aryl methyl sites for hydroxylation is 1. The lowest BCUT2D eigenvalue weighted by Crippen LogP contribution is -2.35. The summed E-state index contributed by atoms with van der Waals surface area (Å²) in [6, 6.07) is 11.6. The van der Waals surface area contributed by atoms with Gasteiger partial charge < -0.3 is 9.47 Å². The van der Waals surface area contributed by atoms with E-state index in [1.54, 1.807) is 31.2 Å². The van der Waals surface area contributed by atoms with Crippen LogP contribution in [0, 0.1) is 0 Å². The monoisotopic (exact) mass is 390 g/mol. The molecule has 7 nitrogen and oxygen atoms in total. The number of fused-ring (bicyclic) bond motifs is 1. The van der Waals surface area contributed by atoms with Crippen molar-refractivity contribution in [2.75, 3.05) is 29.9 Å². The normalized spacial score (nSPS) is 13.6. The maximum absolute atomic E-state index is 13.2. The summed E-state index contributed by atoms with van der Waals surface area (Å²) >= 11 is 0. The predicted molar refractivity (Wildman–Crippen MR) is 103 cm³/mol. The molecule has 1 aliphatic heterocycles. The first-order chi connectivity index (χ1) is 13.0. The van der Waals surface area contributed by atoms with Crippen LogP contribution in [0.3, 0.4) is 0 Å². The Balaban J connectivity index is 1.95. The molecule has 8 heteroatoms. The summed E-state index contributed by atoms with van der Waals surface area (Å²) in [6.45, 7) is 2.36. The highest BCUT2D eigenvalue weighted by Gasteiger charge is 2.29. The summed E-state index contributed by atoms with van der Waals surface area (Å²) in [5.41, 5.74) is 1.99. The first-order valence-corrected chi connectivity index (χ1v) is 10.1. The van der Waals surface area contributed by atoms with Crippen molar-refractivity contribution < 1.29 is 22.7 Å². The van der Waals surface area contributed by atoms with Gasteiger partial charge in [0.05, 0.1) is 24.3 Å². The molecule has 0 aliphatic carbocycles. The third-order valence-corrected chi connectivity index (χ3v) is 6.16. The third kappa shape index (κ3) is 4.00. The molecule has 1 amide bonds. The number of amides is 1. The van der Waals surface area contributed by atoms with Crippen LogP contribution < -0.4 is 14.4 Å². The average molecular weight is 390 g/mol. The lowest BCUT2D eigenvalue weighted by atomic mass is 10.0. The summed E-state index contributed by atoms with van der Waals surface area (Å²) in [5, 5.41) is 2.62. The van der Waals surface area contributed by atoms with Crippen LogP contribution in [0.5, 0.6) is 5.75 Å². The number of anilines is 2. The lowest BCUT2D eigenvalue weighted by molar-refractivity contribution is 0.168. The zero-order valence-corrected chi connectivity index (χ0v) is 16.1. The minimum atomic E-state index is -3.72. The van der Waals surface area contributed by atoms with Crippen molar-refractivity contribution in [3.63, 3.8) is 0 Å². The van der Waals surface area contributed by atoms with Gasteiger partial charge in [-0.25, -0.2) is 13.2 Å². The van der Waals surface area contributed by atoms with Gasteiger partial charge in [-0.3, -0.25) is 9.62 Å². The van der Waals surface area contributed by atoms with Gasteiger partial charge in [0.1, 0.15) is 5.75 Å². The number of benzene rings is 2. The van der Waals surface area contributed by atoms with Gasteiger partial charge in [-0.1, -0.05) is 6.07 Å².